The highest BCUT2D eigenvalue weighted by Crippen LogP contribution is 2.28. The molecule has 2 aromatic carbocycles. The SMILES string of the molecule is COc1ccc(CNc2cc(Cl)ccc2N(C)C)cc1. The monoisotopic (exact) mass is 290 g/mol. The zero-order chi connectivity index (χ0) is 14.5. The number of methoxy groups -OCH3 is 1. The topological polar surface area (TPSA) is 24.5 Å². The molecule has 2 rings (SSSR count). The second-order valence-electron chi connectivity index (χ2n) is 4.76. The molecular formula is C16H19ClN2O. The number of rotatable bonds is 5. The third-order valence-electron chi connectivity index (χ3n) is 3.08. The Morgan fingerprint density at radius 1 is 1.10 bits per heavy atom. The Labute approximate surface area is 125 Å². The minimum absolute atomic E-state index is 0.729. The second-order valence-corrected chi connectivity index (χ2v) is 5.19. The molecule has 0 aromatic heterocycles. The van der Waals surface area contributed by atoms with Crippen molar-refractivity contribution in [3.8, 4) is 5.75 Å². The average Bonchev–Trinajstić information content (AvgIpc) is 2.45. The maximum Gasteiger partial charge on any atom is 0.118 e. The van der Waals surface area contributed by atoms with Gasteiger partial charge >= 0.3 is 0 Å². The molecule has 0 saturated carbocycles. The van der Waals surface area contributed by atoms with Gasteiger partial charge in [-0.15, -0.1) is 0 Å². The van der Waals surface area contributed by atoms with E-state index in [0.717, 1.165) is 28.7 Å². The molecule has 0 atom stereocenters. The van der Waals surface area contributed by atoms with Gasteiger partial charge < -0.3 is 15.0 Å². The van der Waals surface area contributed by atoms with E-state index in [9.17, 15) is 0 Å². The molecule has 0 amide bonds. The van der Waals surface area contributed by atoms with E-state index in [2.05, 4.69) is 10.2 Å². The fraction of sp³-hybridized carbons (Fsp3) is 0.250. The number of nitrogens with zero attached hydrogens (tertiary/aromatic N) is 1. The molecule has 0 aliphatic heterocycles. The van der Waals surface area contributed by atoms with Crippen LogP contribution < -0.4 is 15.0 Å². The number of anilines is 2. The van der Waals surface area contributed by atoms with Gasteiger partial charge in [0.05, 0.1) is 18.5 Å². The highest BCUT2D eigenvalue weighted by Gasteiger charge is 2.05. The van der Waals surface area contributed by atoms with Crippen molar-refractivity contribution in [2.45, 2.75) is 6.54 Å². The van der Waals surface area contributed by atoms with Gasteiger partial charge in [-0.25, -0.2) is 0 Å². The number of ether oxygens (including phenoxy) is 1. The van der Waals surface area contributed by atoms with E-state index in [4.69, 9.17) is 16.3 Å². The summed E-state index contributed by atoms with van der Waals surface area (Å²) in [5, 5.41) is 4.15. The predicted molar refractivity (Wildman–Crippen MR) is 86.1 cm³/mol. The maximum absolute atomic E-state index is 6.07. The Balaban J connectivity index is 2.11. The van der Waals surface area contributed by atoms with E-state index in [1.807, 2.05) is 56.6 Å². The van der Waals surface area contributed by atoms with Gasteiger partial charge in [0.25, 0.3) is 0 Å². The van der Waals surface area contributed by atoms with Gasteiger partial charge in [0, 0.05) is 25.7 Å². The highest BCUT2D eigenvalue weighted by atomic mass is 35.5. The summed E-state index contributed by atoms with van der Waals surface area (Å²) in [7, 11) is 5.70. The molecule has 20 heavy (non-hydrogen) atoms. The maximum atomic E-state index is 6.07. The van der Waals surface area contributed by atoms with Gasteiger partial charge in [0.2, 0.25) is 0 Å². The van der Waals surface area contributed by atoms with Crippen LogP contribution in [0.15, 0.2) is 42.5 Å². The van der Waals surface area contributed by atoms with Crippen LogP contribution in [0.1, 0.15) is 5.56 Å². The summed E-state index contributed by atoms with van der Waals surface area (Å²) in [6, 6.07) is 13.9. The third kappa shape index (κ3) is 3.58. The summed E-state index contributed by atoms with van der Waals surface area (Å²) in [4.78, 5) is 2.06. The molecule has 4 heteroatoms. The standard InChI is InChI=1S/C16H19ClN2O/c1-19(2)16-9-6-13(17)10-15(16)18-11-12-4-7-14(20-3)8-5-12/h4-10,18H,11H2,1-3H3. The van der Waals surface area contributed by atoms with Crippen LogP contribution in [0.4, 0.5) is 11.4 Å². The first-order valence-electron chi connectivity index (χ1n) is 6.44. The van der Waals surface area contributed by atoms with Crippen molar-refractivity contribution in [2.75, 3.05) is 31.4 Å². The molecule has 2 aromatic rings. The molecular weight excluding hydrogens is 272 g/mol. The minimum Gasteiger partial charge on any atom is -0.497 e. The molecule has 0 fully saturated rings. The molecule has 0 spiro atoms. The van der Waals surface area contributed by atoms with Crippen molar-refractivity contribution in [2.24, 2.45) is 0 Å². The van der Waals surface area contributed by atoms with Gasteiger partial charge in [-0.05, 0) is 35.9 Å². The lowest BCUT2D eigenvalue weighted by Crippen LogP contribution is -2.12. The molecule has 0 aliphatic carbocycles. The lowest BCUT2D eigenvalue weighted by molar-refractivity contribution is 0.414. The summed E-state index contributed by atoms with van der Waals surface area (Å²) in [6.45, 7) is 0.741. The van der Waals surface area contributed by atoms with Crippen LogP contribution in [0.25, 0.3) is 0 Å². The van der Waals surface area contributed by atoms with Crippen LogP contribution in [-0.2, 0) is 6.54 Å². The van der Waals surface area contributed by atoms with E-state index in [1.54, 1.807) is 7.11 Å². The number of nitrogens with one attached hydrogen (secondary N) is 1. The molecule has 0 radical (unpaired) electrons. The highest BCUT2D eigenvalue weighted by molar-refractivity contribution is 6.31. The van der Waals surface area contributed by atoms with E-state index >= 15 is 0 Å². The second kappa shape index (κ2) is 6.53. The third-order valence-corrected chi connectivity index (χ3v) is 3.32. The lowest BCUT2D eigenvalue weighted by atomic mass is 10.2. The number of halogens is 1. The first-order chi connectivity index (χ1) is 9.60. The van der Waals surface area contributed by atoms with Crippen LogP contribution in [0.5, 0.6) is 5.75 Å². The molecule has 0 heterocycles. The fourth-order valence-corrected chi connectivity index (χ4v) is 2.15. The van der Waals surface area contributed by atoms with E-state index < -0.39 is 0 Å². The van der Waals surface area contributed by atoms with Crippen LogP contribution in [0.3, 0.4) is 0 Å². The number of hydrogen-bond acceptors (Lipinski definition) is 3. The van der Waals surface area contributed by atoms with Crippen molar-refractivity contribution in [3.63, 3.8) is 0 Å². The van der Waals surface area contributed by atoms with Crippen molar-refractivity contribution < 1.29 is 4.74 Å². The normalized spacial score (nSPS) is 10.2. The molecule has 0 saturated heterocycles. The Morgan fingerprint density at radius 2 is 1.80 bits per heavy atom. The van der Waals surface area contributed by atoms with Gasteiger partial charge in [-0.3, -0.25) is 0 Å². The molecule has 0 aliphatic rings. The lowest BCUT2D eigenvalue weighted by Gasteiger charge is -2.19. The van der Waals surface area contributed by atoms with E-state index in [1.165, 1.54) is 5.56 Å². The number of benzene rings is 2. The van der Waals surface area contributed by atoms with Crippen LogP contribution in [0, 0.1) is 0 Å². The smallest absolute Gasteiger partial charge is 0.118 e. The first kappa shape index (κ1) is 14.5. The first-order valence-corrected chi connectivity index (χ1v) is 6.81. The van der Waals surface area contributed by atoms with Crippen LogP contribution >= 0.6 is 11.6 Å². The average molecular weight is 291 g/mol. The Hall–Kier alpha value is -1.87. The van der Waals surface area contributed by atoms with Gasteiger partial charge in [0.1, 0.15) is 5.75 Å². The van der Waals surface area contributed by atoms with Gasteiger partial charge in [-0.1, -0.05) is 23.7 Å². The quantitative estimate of drug-likeness (QED) is 0.900. The Bertz CT molecular complexity index is 567. The van der Waals surface area contributed by atoms with Crippen molar-refractivity contribution >= 4 is 23.0 Å². The largest absolute Gasteiger partial charge is 0.497 e. The van der Waals surface area contributed by atoms with Crippen molar-refractivity contribution in [3.05, 3.63) is 53.1 Å². The van der Waals surface area contributed by atoms with Crippen molar-refractivity contribution in [1.29, 1.82) is 0 Å². The summed E-state index contributed by atoms with van der Waals surface area (Å²) < 4.78 is 5.15. The molecule has 0 bridgehead atoms. The summed E-state index contributed by atoms with van der Waals surface area (Å²) in [6.07, 6.45) is 0. The fourth-order valence-electron chi connectivity index (χ4n) is 1.98. The Morgan fingerprint density at radius 3 is 2.40 bits per heavy atom. The molecule has 3 nitrogen and oxygen atoms in total. The summed E-state index contributed by atoms with van der Waals surface area (Å²) >= 11 is 6.07. The van der Waals surface area contributed by atoms with E-state index in [-0.39, 0.29) is 0 Å². The molecule has 1 N–H and O–H groups in total. The van der Waals surface area contributed by atoms with Crippen LogP contribution in [0.2, 0.25) is 5.02 Å². The van der Waals surface area contributed by atoms with Crippen molar-refractivity contribution in [1.82, 2.24) is 0 Å². The van der Waals surface area contributed by atoms with Gasteiger partial charge in [-0.2, -0.15) is 0 Å². The predicted octanol–water partition coefficient (Wildman–Crippen LogP) is 4.03. The number of hydrogen-bond donors (Lipinski definition) is 1. The summed E-state index contributed by atoms with van der Waals surface area (Å²) in [5.74, 6) is 0.866. The Kier molecular flexibility index (Phi) is 4.74. The van der Waals surface area contributed by atoms with E-state index in [0.29, 0.717) is 0 Å². The van der Waals surface area contributed by atoms with Gasteiger partial charge in [0.15, 0.2) is 0 Å². The molecule has 0 unspecified atom stereocenters. The summed E-state index contributed by atoms with van der Waals surface area (Å²) in [5.41, 5.74) is 3.33. The minimum atomic E-state index is 0.729. The zero-order valence-corrected chi connectivity index (χ0v) is 12.7. The zero-order valence-electron chi connectivity index (χ0n) is 12.0. The van der Waals surface area contributed by atoms with Crippen LogP contribution in [-0.4, -0.2) is 21.2 Å². The molecule has 106 valence electrons.